The number of carboxylic acid groups (broad SMARTS) is 3. The van der Waals surface area contributed by atoms with Crippen LogP contribution in [0, 0.1) is 5.92 Å². The fourth-order valence-electron chi connectivity index (χ4n) is 5.09. The van der Waals surface area contributed by atoms with Gasteiger partial charge in [0.25, 0.3) is 0 Å². The molecule has 304 valence electrons. The highest BCUT2D eigenvalue weighted by atomic mass is 16.4. The zero-order valence-electron chi connectivity index (χ0n) is 30.2. The number of aliphatic hydroxyl groups excluding tert-OH is 2. The molecule has 1 fully saturated rings. The first-order valence-electron chi connectivity index (χ1n) is 16.9. The zero-order valence-corrected chi connectivity index (χ0v) is 30.2. The van der Waals surface area contributed by atoms with Gasteiger partial charge in [0.15, 0.2) is 0 Å². The maximum absolute atomic E-state index is 13.5. The van der Waals surface area contributed by atoms with Crippen LogP contribution < -0.4 is 37.6 Å². The molecule has 54 heavy (non-hydrogen) atoms. The lowest BCUT2D eigenvalue weighted by Gasteiger charge is -2.30. The molecule has 13 N–H and O–H groups in total. The molecule has 0 aromatic rings. The average Bonchev–Trinajstić information content (AvgIpc) is 3.58. The Hall–Kier alpha value is -5.42. The third kappa shape index (κ3) is 14.5. The van der Waals surface area contributed by atoms with Gasteiger partial charge in [-0.2, -0.15) is 0 Å². The molecule has 0 saturated carbocycles. The van der Waals surface area contributed by atoms with Crippen LogP contribution in [0.3, 0.4) is 0 Å². The molecule has 23 nitrogen and oxygen atoms in total. The van der Waals surface area contributed by atoms with Crippen molar-refractivity contribution in [2.24, 2.45) is 11.7 Å². The van der Waals surface area contributed by atoms with E-state index in [1.54, 1.807) is 0 Å². The summed E-state index contributed by atoms with van der Waals surface area (Å²) in [5.74, 6) is -12.0. The minimum absolute atomic E-state index is 0.0289. The van der Waals surface area contributed by atoms with Crippen molar-refractivity contribution in [1.82, 2.24) is 36.8 Å². The van der Waals surface area contributed by atoms with Gasteiger partial charge in [-0.05, 0) is 39.0 Å². The van der Waals surface area contributed by atoms with E-state index in [9.17, 15) is 68.4 Å². The van der Waals surface area contributed by atoms with Gasteiger partial charge in [0, 0.05) is 13.0 Å². The molecule has 1 rings (SSSR count). The SMILES string of the molecule is CC(C)[C@H](NC(=O)[C@H](CC(=O)O)NC(=O)[C@H](C)NC(=O)[C@H](C)N)C(=O)N[C@@H](CCC(=O)O)C(=O)N[C@@H](CO)C(=O)N1CCC[C@H]1C(=O)N[C@@H](CO)C(=O)O. The fraction of sp³-hybridized carbons (Fsp3) is 0.677. The number of nitrogens with one attached hydrogen (secondary N) is 6. The number of hydrogen-bond acceptors (Lipinski definition) is 13. The van der Waals surface area contributed by atoms with Crippen LogP contribution in [0.5, 0.6) is 0 Å². The molecule has 23 heteroatoms. The molecule has 0 aromatic carbocycles. The number of amides is 7. The average molecular weight is 775 g/mol. The van der Waals surface area contributed by atoms with Crippen molar-refractivity contribution in [3.63, 3.8) is 0 Å². The summed E-state index contributed by atoms with van der Waals surface area (Å²) in [7, 11) is 0. The molecule has 0 bridgehead atoms. The first-order chi connectivity index (χ1) is 25.1. The molecule has 0 radical (unpaired) electrons. The van der Waals surface area contributed by atoms with E-state index < -0.39 is 146 Å². The van der Waals surface area contributed by atoms with Crippen LogP contribution in [0.2, 0.25) is 0 Å². The monoisotopic (exact) mass is 774 g/mol. The maximum Gasteiger partial charge on any atom is 0.328 e. The Morgan fingerprint density at radius 1 is 0.667 bits per heavy atom. The summed E-state index contributed by atoms with van der Waals surface area (Å²) in [5.41, 5.74) is 5.47. The number of likely N-dealkylation sites (tertiary alicyclic amines) is 1. The van der Waals surface area contributed by atoms with E-state index in [2.05, 4.69) is 31.9 Å². The van der Waals surface area contributed by atoms with Crippen LogP contribution in [-0.2, 0) is 47.9 Å². The second-order valence-corrected chi connectivity index (χ2v) is 12.9. The van der Waals surface area contributed by atoms with E-state index in [0.717, 1.165) is 4.90 Å². The van der Waals surface area contributed by atoms with Crippen LogP contribution >= 0.6 is 0 Å². The summed E-state index contributed by atoms with van der Waals surface area (Å²) in [6.07, 6.45) is -1.80. The molecule has 1 aliphatic heterocycles. The predicted molar refractivity (Wildman–Crippen MR) is 181 cm³/mol. The highest BCUT2D eigenvalue weighted by molar-refractivity contribution is 5.98. The van der Waals surface area contributed by atoms with Crippen LogP contribution in [0.25, 0.3) is 0 Å². The van der Waals surface area contributed by atoms with Crippen molar-refractivity contribution in [3.05, 3.63) is 0 Å². The summed E-state index contributed by atoms with van der Waals surface area (Å²) < 4.78 is 0. The molecule has 0 aliphatic carbocycles. The molecule has 0 spiro atoms. The summed E-state index contributed by atoms with van der Waals surface area (Å²) in [5, 5.41) is 60.4. The number of hydrogen-bond donors (Lipinski definition) is 12. The van der Waals surface area contributed by atoms with Gasteiger partial charge < -0.3 is 68.1 Å². The lowest BCUT2D eigenvalue weighted by Crippen LogP contribution is -2.61. The Morgan fingerprint density at radius 3 is 1.72 bits per heavy atom. The minimum Gasteiger partial charge on any atom is -0.481 e. The number of carboxylic acids is 3. The highest BCUT2D eigenvalue weighted by Gasteiger charge is 2.40. The minimum atomic E-state index is -1.75. The van der Waals surface area contributed by atoms with Crippen molar-refractivity contribution in [1.29, 1.82) is 0 Å². The molecule has 8 atom stereocenters. The number of aliphatic hydroxyl groups is 2. The maximum atomic E-state index is 13.5. The Kier molecular flexibility index (Phi) is 18.9. The van der Waals surface area contributed by atoms with E-state index in [1.165, 1.54) is 27.7 Å². The zero-order chi connectivity index (χ0) is 41.4. The van der Waals surface area contributed by atoms with Gasteiger partial charge in [-0.15, -0.1) is 0 Å². The van der Waals surface area contributed by atoms with Gasteiger partial charge in [0.1, 0.15) is 42.3 Å². The topological polar surface area (TPSA) is 373 Å². The number of nitrogens with zero attached hydrogens (tertiary/aromatic N) is 1. The Morgan fingerprint density at radius 2 is 1.22 bits per heavy atom. The van der Waals surface area contributed by atoms with Gasteiger partial charge in [-0.25, -0.2) is 4.79 Å². The molecule has 1 heterocycles. The molecule has 1 saturated heterocycles. The van der Waals surface area contributed by atoms with Crippen LogP contribution in [-0.4, -0.2) is 158 Å². The van der Waals surface area contributed by atoms with E-state index in [4.69, 9.17) is 10.8 Å². The predicted octanol–water partition coefficient (Wildman–Crippen LogP) is -5.68. The number of rotatable bonds is 22. The van der Waals surface area contributed by atoms with Gasteiger partial charge in [-0.1, -0.05) is 13.8 Å². The molecule has 7 amide bonds. The Balaban J connectivity index is 3.19. The summed E-state index contributed by atoms with van der Waals surface area (Å²) in [4.78, 5) is 126. The van der Waals surface area contributed by atoms with Crippen molar-refractivity contribution in [2.45, 2.75) is 108 Å². The summed E-state index contributed by atoms with van der Waals surface area (Å²) in [6.45, 7) is 3.56. The smallest absolute Gasteiger partial charge is 0.328 e. The van der Waals surface area contributed by atoms with Gasteiger partial charge in [0.2, 0.25) is 41.4 Å². The normalized spacial score (nSPS) is 17.7. The van der Waals surface area contributed by atoms with Crippen LogP contribution in [0.4, 0.5) is 0 Å². The lowest BCUT2D eigenvalue weighted by atomic mass is 10.0. The Labute approximate surface area is 309 Å². The van der Waals surface area contributed by atoms with Crippen LogP contribution in [0.15, 0.2) is 0 Å². The third-order valence-electron chi connectivity index (χ3n) is 8.14. The standard InChI is InChI=1S/C31H50N8O15/c1-13(2)23(38-27(49)17(10-22(44)45)35-25(47)15(4)33-24(46)14(3)32)29(51)34-16(7-8-21(42)43)26(48)36-18(11-40)30(52)39-9-5-6-20(39)28(50)37-19(12-41)31(53)54/h13-20,23,40-41H,5-12,32H2,1-4H3,(H,33,46)(H,34,51)(H,35,47)(H,36,48)(H,37,50)(H,38,49)(H,42,43)(H,44,45)(H,53,54)/t14-,15-,16-,17-,18-,19-,20-,23-/m0/s1. The largest absolute Gasteiger partial charge is 0.481 e. The van der Waals surface area contributed by atoms with Crippen molar-refractivity contribution < 1.29 is 73.5 Å². The molecule has 1 aliphatic rings. The fourth-order valence-corrected chi connectivity index (χ4v) is 5.09. The molecule has 0 aromatic heterocycles. The number of carbonyl (C=O) groups is 10. The van der Waals surface area contributed by atoms with Gasteiger partial charge in [0.05, 0.1) is 25.7 Å². The highest BCUT2D eigenvalue weighted by Crippen LogP contribution is 2.19. The van der Waals surface area contributed by atoms with Crippen molar-refractivity contribution in [3.8, 4) is 0 Å². The number of carbonyl (C=O) groups excluding carboxylic acids is 7. The lowest BCUT2D eigenvalue weighted by molar-refractivity contribution is -0.146. The van der Waals surface area contributed by atoms with Crippen molar-refractivity contribution in [2.75, 3.05) is 19.8 Å². The third-order valence-corrected chi connectivity index (χ3v) is 8.14. The second-order valence-electron chi connectivity index (χ2n) is 12.9. The number of aliphatic carboxylic acids is 3. The molecule has 0 unspecified atom stereocenters. The van der Waals surface area contributed by atoms with E-state index in [0.29, 0.717) is 0 Å². The molecular weight excluding hydrogens is 724 g/mol. The first kappa shape index (κ1) is 46.6. The van der Waals surface area contributed by atoms with E-state index in [-0.39, 0.29) is 19.4 Å². The second kappa shape index (κ2) is 21.9. The van der Waals surface area contributed by atoms with Gasteiger partial charge in [-0.3, -0.25) is 43.2 Å². The number of nitrogens with two attached hydrogens (primary N) is 1. The van der Waals surface area contributed by atoms with Crippen molar-refractivity contribution >= 4 is 59.3 Å². The summed E-state index contributed by atoms with van der Waals surface area (Å²) >= 11 is 0. The molecular formula is C31H50N8O15. The summed E-state index contributed by atoms with van der Waals surface area (Å²) in [6, 6.07) is -11.8. The first-order valence-corrected chi connectivity index (χ1v) is 16.9. The van der Waals surface area contributed by atoms with Gasteiger partial charge >= 0.3 is 17.9 Å². The van der Waals surface area contributed by atoms with E-state index >= 15 is 0 Å². The Bertz CT molecular complexity index is 1420. The van der Waals surface area contributed by atoms with Crippen LogP contribution in [0.1, 0.15) is 59.8 Å². The quantitative estimate of drug-likeness (QED) is 0.0488. The van der Waals surface area contributed by atoms with E-state index in [1.807, 2.05) is 0 Å².